The Labute approximate surface area is 143 Å². The van der Waals surface area contributed by atoms with Gasteiger partial charge in [-0.25, -0.2) is 0 Å². The number of anilines is 2. The molecule has 7 nitrogen and oxygen atoms in total. The third-order valence-corrected chi connectivity index (χ3v) is 3.39. The summed E-state index contributed by atoms with van der Waals surface area (Å²) in [7, 11) is 1.58. The number of rotatable bonds is 7. The number of nitro groups is 1. The van der Waals surface area contributed by atoms with Crippen LogP contribution >= 0.6 is 11.6 Å². The van der Waals surface area contributed by atoms with E-state index in [4.69, 9.17) is 26.3 Å². The number of nitrogens with one attached hydrogen (secondary N) is 1. The van der Waals surface area contributed by atoms with E-state index in [1.54, 1.807) is 25.3 Å². The molecular weight excluding hydrogens is 334 g/mol. The smallest absolute Gasteiger partial charge is 0.270 e. The molecule has 2 rings (SSSR count). The number of nitro benzene ring substituents is 1. The molecule has 0 aliphatic carbocycles. The van der Waals surface area contributed by atoms with Gasteiger partial charge in [0.2, 0.25) is 0 Å². The fourth-order valence-electron chi connectivity index (χ4n) is 1.93. The first-order valence-electron chi connectivity index (χ1n) is 6.92. The molecule has 0 spiro atoms. The first kappa shape index (κ1) is 17.5. The molecule has 0 radical (unpaired) electrons. The molecule has 0 saturated carbocycles. The highest BCUT2D eigenvalue weighted by Gasteiger charge is 2.11. The lowest BCUT2D eigenvalue weighted by atomic mass is 10.1. The van der Waals surface area contributed by atoms with Crippen LogP contribution in [-0.4, -0.2) is 25.2 Å². The lowest BCUT2D eigenvalue weighted by Gasteiger charge is -2.11. The van der Waals surface area contributed by atoms with Gasteiger partial charge >= 0.3 is 0 Å². The minimum atomic E-state index is -0.548. The van der Waals surface area contributed by atoms with Gasteiger partial charge in [-0.15, -0.1) is 0 Å². The molecule has 0 unspecified atom stereocenters. The van der Waals surface area contributed by atoms with Crippen molar-refractivity contribution in [3.8, 4) is 11.8 Å². The van der Waals surface area contributed by atoms with Crippen molar-refractivity contribution >= 4 is 28.7 Å². The van der Waals surface area contributed by atoms with Crippen LogP contribution in [0, 0.1) is 21.4 Å². The van der Waals surface area contributed by atoms with Crippen molar-refractivity contribution in [2.45, 2.75) is 0 Å². The predicted molar refractivity (Wildman–Crippen MR) is 89.9 cm³/mol. The maximum atomic E-state index is 10.8. The van der Waals surface area contributed by atoms with Crippen molar-refractivity contribution in [1.82, 2.24) is 0 Å². The zero-order valence-electron chi connectivity index (χ0n) is 12.8. The number of hydrogen-bond acceptors (Lipinski definition) is 6. The average Bonchev–Trinajstić information content (AvgIpc) is 2.57. The van der Waals surface area contributed by atoms with E-state index in [1.807, 2.05) is 6.07 Å². The second kappa shape index (κ2) is 8.15. The Morgan fingerprint density at radius 1 is 1.29 bits per heavy atom. The van der Waals surface area contributed by atoms with Crippen LogP contribution in [0.5, 0.6) is 5.75 Å². The zero-order chi connectivity index (χ0) is 17.5. The van der Waals surface area contributed by atoms with E-state index < -0.39 is 4.92 Å². The number of benzene rings is 2. The summed E-state index contributed by atoms with van der Waals surface area (Å²) in [5.74, 6) is 0.517. The van der Waals surface area contributed by atoms with Gasteiger partial charge < -0.3 is 14.8 Å². The van der Waals surface area contributed by atoms with Crippen LogP contribution in [-0.2, 0) is 4.74 Å². The van der Waals surface area contributed by atoms with E-state index in [0.29, 0.717) is 35.4 Å². The molecule has 0 fully saturated rings. The Morgan fingerprint density at radius 2 is 2.08 bits per heavy atom. The zero-order valence-corrected chi connectivity index (χ0v) is 13.5. The van der Waals surface area contributed by atoms with E-state index in [-0.39, 0.29) is 11.3 Å². The Kier molecular flexibility index (Phi) is 5.95. The van der Waals surface area contributed by atoms with Gasteiger partial charge in [0.05, 0.1) is 27.8 Å². The number of non-ortho nitro benzene ring substituents is 1. The van der Waals surface area contributed by atoms with Crippen LogP contribution in [0.3, 0.4) is 0 Å². The molecule has 0 aliphatic rings. The van der Waals surface area contributed by atoms with Gasteiger partial charge in [-0.05, 0) is 24.3 Å². The number of ether oxygens (including phenoxy) is 2. The minimum Gasteiger partial charge on any atom is -0.490 e. The van der Waals surface area contributed by atoms with Gasteiger partial charge in [-0.3, -0.25) is 10.1 Å². The second-order valence-corrected chi connectivity index (χ2v) is 5.12. The first-order chi connectivity index (χ1) is 11.5. The van der Waals surface area contributed by atoms with Crippen LogP contribution in [0.4, 0.5) is 17.1 Å². The highest BCUT2D eigenvalue weighted by Crippen LogP contribution is 2.30. The fraction of sp³-hybridized carbons (Fsp3) is 0.188. The summed E-state index contributed by atoms with van der Waals surface area (Å²) in [6.45, 7) is 0.828. The molecule has 0 amide bonds. The van der Waals surface area contributed by atoms with Crippen LogP contribution in [0.2, 0.25) is 5.02 Å². The van der Waals surface area contributed by atoms with E-state index in [1.165, 1.54) is 18.2 Å². The van der Waals surface area contributed by atoms with Crippen LogP contribution < -0.4 is 10.1 Å². The SMILES string of the molecule is COCCOc1ccc(Nc2ccc([N+](=O)[O-])cc2C#N)cc1Cl. The van der Waals surface area contributed by atoms with Crippen molar-refractivity contribution in [2.24, 2.45) is 0 Å². The van der Waals surface area contributed by atoms with Crippen molar-refractivity contribution in [3.05, 3.63) is 57.1 Å². The lowest BCUT2D eigenvalue weighted by molar-refractivity contribution is -0.384. The predicted octanol–water partition coefficient (Wildman–Crippen LogP) is 3.89. The summed E-state index contributed by atoms with van der Waals surface area (Å²) in [5.41, 5.74) is 1.11. The summed E-state index contributed by atoms with van der Waals surface area (Å²) < 4.78 is 10.4. The van der Waals surface area contributed by atoms with Gasteiger partial charge in [0.1, 0.15) is 18.4 Å². The first-order valence-corrected chi connectivity index (χ1v) is 7.30. The van der Waals surface area contributed by atoms with E-state index in [0.717, 1.165) is 0 Å². The number of nitrogens with zero attached hydrogens (tertiary/aromatic N) is 2. The Bertz CT molecular complexity index is 789. The summed E-state index contributed by atoms with van der Waals surface area (Å²) in [6, 6.07) is 11.0. The Hall–Kier alpha value is -2.82. The number of nitriles is 1. The Balaban J connectivity index is 2.18. The van der Waals surface area contributed by atoms with E-state index >= 15 is 0 Å². The minimum absolute atomic E-state index is 0.142. The molecule has 0 aliphatic heterocycles. The molecule has 0 aromatic heterocycles. The molecule has 2 aromatic carbocycles. The second-order valence-electron chi connectivity index (χ2n) is 4.71. The van der Waals surface area contributed by atoms with Crippen molar-refractivity contribution < 1.29 is 14.4 Å². The highest BCUT2D eigenvalue weighted by molar-refractivity contribution is 6.32. The highest BCUT2D eigenvalue weighted by atomic mass is 35.5. The van der Waals surface area contributed by atoms with Gasteiger partial charge in [0.25, 0.3) is 5.69 Å². The molecule has 24 heavy (non-hydrogen) atoms. The summed E-state index contributed by atoms with van der Waals surface area (Å²) in [5, 5.41) is 23.3. The van der Waals surface area contributed by atoms with E-state index in [2.05, 4.69) is 5.32 Å². The largest absolute Gasteiger partial charge is 0.490 e. The monoisotopic (exact) mass is 347 g/mol. The van der Waals surface area contributed by atoms with Gasteiger partial charge in [-0.1, -0.05) is 11.6 Å². The third kappa shape index (κ3) is 4.35. The molecule has 0 atom stereocenters. The van der Waals surface area contributed by atoms with Gasteiger partial charge in [0.15, 0.2) is 0 Å². The average molecular weight is 348 g/mol. The molecule has 2 aromatic rings. The van der Waals surface area contributed by atoms with Gasteiger partial charge in [0, 0.05) is 24.9 Å². The lowest BCUT2D eigenvalue weighted by Crippen LogP contribution is -2.04. The molecule has 124 valence electrons. The van der Waals surface area contributed by atoms with E-state index in [9.17, 15) is 10.1 Å². The quantitative estimate of drug-likeness (QED) is 0.463. The molecule has 1 N–H and O–H groups in total. The Morgan fingerprint density at radius 3 is 2.71 bits per heavy atom. The maximum Gasteiger partial charge on any atom is 0.270 e. The summed E-state index contributed by atoms with van der Waals surface area (Å²) >= 11 is 6.15. The van der Waals surface area contributed by atoms with Crippen LogP contribution in [0.15, 0.2) is 36.4 Å². The van der Waals surface area contributed by atoms with Crippen molar-refractivity contribution in [3.63, 3.8) is 0 Å². The number of methoxy groups -OCH3 is 1. The number of hydrogen-bond donors (Lipinski definition) is 1. The normalized spacial score (nSPS) is 10.0. The molecule has 0 saturated heterocycles. The number of halogens is 1. The molecule has 0 heterocycles. The molecular formula is C16H14ClN3O4. The van der Waals surface area contributed by atoms with Crippen molar-refractivity contribution in [1.29, 1.82) is 5.26 Å². The maximum absolute atomic E-state index is 10.8. The van der Waals surface area contributed by atoms with Crippen molar-refractivity contribution in [2.75, 3.05) is 25.6 Å². The third-order valence-electron chi connectivity index (χ3n) is 3.09. The van der Waals surface area contributed by atoms with Crippen LogP contribution in [0.1, 0.15) is 5.56 Å². The summed E-state index contributed by atoms with van der Waals surface area (Å²) in [4.78, 5) is 10.2. The topological polar surface area (TPSA) is 97.4 Å². The van der Waals surface area contributed by atoms with Crippen LogP contribution in [0.25, 0.3) is 0 Å². The molecule has 8 heteroatoms. The fourth-order valence-corrected chi connectivity index (χ4v) is 2.17. The van der Waals surface area contributed by atoms with Gasteiger partial charge in [-0.2, -0.15) is 5.26 Å². The summed E-state index contributed by atoms with van der Waals surface area (Å²) in [6.07, 6.45) is 0. The standard InChI is InChI=1S/C16H14ClN3O4/c1-23-6-7-24-16-5-2-12(9-14(16)17)19-15-4-3-13(20(21)22)8-11(15)10-18/h2-5,8-9,19H,6-7H2,1H3. The molecule has 0 bridgehead atoms.